The molecule has 170 valence electrons. The molecule has 0 aliphatic carbocycles. The largest absolute Gasteiger partial charge is 0.490 e. The summed E-state index contributed by atoms with van der Waals surface area (Å²) in [4.78, 5) is 30.6. The number of carbonyl (C=O) groups is 2. The predicted molar refractivity (Wildman–Crippen MR) is 133 cm³/mol. The summed E-state index contributed by atoms with van der Waals surface area (Å²) in [7, 11) is 0. The smallest absolute Gasteiger partial charge is 0.335 e. The van der Waals surface area contributed by atoms with Crippen molar-refractivity contribution in [3.8, 4) is 23.8 Å². The summed E-state index contributed by atoms with van der Waals surface area (Å²) >= 11 is 4.74. The van der Waals surface area contributed by atoms with Crippen LogP contribution in [0.15, 0.2) is 50.8 Å². The van der Waals surface area contributed by atoms with Gasteiger partial charge < -0.3 is 14.6 Å². The lowest BCUT2D eigenvalue weighted by atomic mass is 10.2. The van der Waals surface area contributed by atoms with Crippen molar-refractivity contribution in [3.05, 3.63) is 56.9 Å². The Morgan fingerprint density at radius 3 is 2.61 bits per heavy atom. The van der Waals surface area contributed by atoms with Gasteiger partial charge in [-0.2, -0.15) is 0 Å². The third kappa shape index (κ3) is 5.78. The molecule has 0 spiro atoms. The summed E-state index contributed by atoms with van der Waals surface area (Å²) in [6, 6.07) is 9.79. The number of nitrogens with zero attached hydrogens (tertiary/aromatic N) is 2. The van der Waals surface area contributed by atoms with E-state index >= 15 is 0 Å². The second kappa shape index (κ2) is 11.1. The summed E-state index contributed by atoms with van der Waals surface area (Å²) in [5.74, 6) is 2.28. The number of ether oxygens (including phenoxy) is 2. The van der Waals surface area contributed by atoms with Crippen LogP contribution in [-0.2, 0) is 4.79 Å². The van der Waals surface area contributed by atoms with Gasteiger partial charge in [0, 0.05) is 6.54 Å². The van der Waals surface area contributed by atoms with Gasteiger partial charge in [-0.1, -0.05) is 5.92 Å². The van der Waals surface area contributed by atoms with Gasteiger partial charge in [0.15, 0.2) is 16.7 Å². The summed E-state index contributed by atoms with van der Waals surface area (Å²) in [6.07, 6.45) is 7.06. The third-order valence-corrected chi connectivity index (χ3v) is 6.07. The lowest BCUT2D eigenvalue weighted by Gasteiger charge is -2.13. The number of carbonyl (C=O) groups excluding carboxylic acids is 1. The van der Waals surface area contributed by atoms with E-state index in [1.165, 1.54) is 23.9 Å². The first-order chi connectivity index (χ1) is 15.9. The van der Waals surface area contributed by atoms with Crippen LogP contribution in [0.1, 0.15) is 29.8 Å². The number of terminal acetylenes is 1. The van der Waals surface area contributed by atoms with Crippen LogP contribution in [0.4, 0.5) is 5.69 Å². The van der Waals surface area contributed by atoms with Crippen molar-refractivity contribution >= 4 is 56.5 Å². The SMILES string of the molecule is C#CCOc1c(Br)cc(C=C2SC(=Nc3ccc(C(=O)O)cc3)N(CC)C2=O)cc1OCC. The Hall–Kier alpha value is -3.22. The quantitative estimate of drug-likeness (QED) is 0.375. The molecule has 3 rings (SSSR count). The molecule has 1 saturated heterocycles. The van der Waals surface area contributed by atoms with Crippen LogP contribution >= 0.6 is 27.7 Å². The Balaban J connectivity index is 1.93. The van der Waals surface area contributed by atoms with Gasteiger partial charge in [-0.3, -0.25) is 9.69 Å². The zero-order valence-corrected chi connectivity index (χ0v) is 20.4. The maximum Gasteiger partial charge on any atom is 0.335 e. The van der Waals surface area contributed by atoms with E-state index in [0.29, 0.717) is 44.9 Å². The molecule has 2 aromatic carbocycles. The fourth-order valence-electron chi connectivity index (χ4n) is 3.00. The molecule has 7 nitrogen and oxygen atoms in total. The average Bonchev–Trinajstić information content (AvgIpc) is 3.07. The molecule has 2 aromatic rings. The second-order valence-corrected chi connectivity index (χ2v) is 8.53. The fourth-order valence-corrected chi connectivity index (χ4v) is 4.64. The molecule has 1 N–H and O–H groups in total. The van der Waals surface area contributed by atoms with Crippen molar-refractivity contribution in [1.82, 2.24) is 4.90 Å². The van der Waals surface area contributed by atoms with Crippen LogP contribution in [0.5, 0.6) is 11.5 Å². The van der Waals surface area contributed by atoms with E-state index in [2.05, 4.69) is 26.8 Å². The van der Waals surface area contributed by atoms with Crippen molar-refractivity contribution < 1.29 is 24.2 Å². The van der Waals surface area contributed by atoms with Gasteiger partial charge in [0.25, 0.3) is 5.91 Å². The van der Waals surface area contributed by atoms with Crippen LogP contribution in [0.3, 0.4) is 0 Å². The molecule has 33 heavy (non-hydrogen) atoms. The van der Waals surface area contributed by atoms with E-state index in [1.807, 2.05) is 19.9 Å². The zero-order chi connectivity index (χ0) is 24.0. The molecule has 0 atom stereocenters. The van der Waals surface area contributed by atoms with Crippen LogP contribution in [0.25, 0.3) is 6.08 Å². The van der Waals surface area contributed by atoms with Crippen molar-refractivity contribution in [2.45, 2.75) is 13.8 Å². The Morgan fingerprint density at radius 2 is 2.00 bits per heavy atom. The minimum absolute atomic E-state index is 0.103. The molecular weight excluding hydrogens is 508 g/mol. The molecule has 0 aromatic heterocycles. The van der Waals surface area contributed by atoms with Crippen molar-refractivity contribution in [3.63, 3.8) is 0 Å². The first-order valence-corrected chi connectivity index (χ1v) is 11.6. The number of thioether (sulfide) groups is 1. The van der Waals surface area contributed by atoms with Crippen LogP contribution in [0, 0.1) is 12.3 Å². The van der Waals surface area contributed by atoms with Gasteiger partial charge in [-0.25, -0.2) is 9.79 Å². The normalized spacial score (nSPS) is 15.7. The summed E-state index contributed by atoms with van der Waals surface area (Å²) < 4.78 is 11.9. The highest BCUT2D eigenvalue weighted by Gasteiger charge is 2.32. The Morgan fingerprint density at radius 1 is 1.27 bits per heavy atom. The lowest BCUT2D eigenvalue weighted by molar-refractivity contribution is -0.122. The molecule has 1 aliphatic heterocycles. The number of carboxylic acids is 1. The molecule has 0 unspecified atom stereocenters. The highest BCUT2D eigenvalue weighted by atomic mass is 79.9. The zero-order valence-electron chi connectivity index (χ0n) is 18.0. The number of rotatable bonds is 8. The number of amides is 1. The average molecular weight is 529 g/mol. The van der Waals surface area contributed by atoms with Crippen molar-refractivity contribution in [1.29, 1.82) is 0 Å². The third-order valence-electron chi connectivity index (χ3n) is 4.47. The van der Waals surface area contributed by atoms with Crippen LogP contribution < -0.4 is 9.47 Å². The Labute approximate surface area is 204 Å². The first kappa shape index (κ1) is 24.4. The van der Waals surface area contributed by atoms with Crippen molar-refractivity contribution in [2.24, 2.45) is 4.99 Å². The van der Waals surface area contributed by atoms with E-state index < -0.39 is 5.97 Å². The number of aromatic carboxylic acids is 1. The molecule has 1 aliphatic rings. The summed E-state index contributed by atoms with van der Waals surface area (Å²) in [5.41, 5.74) is 1.48. The molecule has 0 saturated carbocycles. The van der Waals surface area contributed by atoms with Crippen LogP contribution in [-0.4, -0.2) is 46.8 Å². The minimum Gasteiger partial charge on any atom is -0.490 e. The van der Waals surface area contributed by atoms with Gasteiger partial charge in [-0.05, 0) is 89.6 Å². The summed E-state index contributed by atoms with van der Waals surface area (Å²) in [5, 5.41) is 9.58. The molecule has 0 radical (unpaired) electrons. The van der Waals surface area contributed by atoms with Crippen molar-refractivity contribution in [2.75, 3.05) is 19.8 Å². The maximum absolute atomic E-state index is 13.0. The number of carboxylic acid groups (broad SMARTS) is 1. The predicted octanol–water partition coefficient (Wildman–Crippen LogP) is 5.18. The molecular formula is C24H21BrN2O5S. The number of aliphatic imine (C=N–C) groups is 1. The van der Waals surface area contributed by atoms with Gasteiger partial charge in [0.2, 0.25) is 0 Å². The number of amidine groups is 1. The van der Waals surface area contributed by atoms with Crippen LogP contribution in [0.2, 0.25) is 0 Å². The van der Waals surface area contributed by atoms with E-state index in [1.54, 1.807) is 29.2 Å². The van der Waals surface area contributed by atoms with E-state index in [0.717, 1.165) is 5.56 Å². The molecule has 9 heteroatoms. The lowest BCUT2D eigenvalue weighted by Crippen LogP contribution is -2.28. The molecule has 1 fully saturated rings. The number of hydrogen-bond donors (Lipinski definition) is 1. The summed E-state index contributed by atoms with van der Waals surface area (Å²) in [6.45, 7) is 4.72. The van der Waals surface area contributed by atoms with Gasteiger partial charge >= 0.3 is 5.97 Å². The number of hydrogen-bond acceptors (Lipinski definition) is 6. The Kier molecular flexibility index (Phi) is 8.20. The number of benzene rings is 2. The monoisotopic (exact) mass is 528 g/mol. The minimum atomic E-state index is -1.01. The Bertz CT molecular complexity index is 1170. The molecule has 1 amide bonds. The van der Waals surface area contributed by atoms with E-state index in [4.69, 9.17) is 21.0 Å². The second-order valence-electron chi connectivity index (χ2n) is 6.66. The number of halogens is 1. The van der Waals surface area contributed by atoms with Gasteiger partial charge in [-0.15, -0.1) is 6.42 Å². The molecule has 1 heterocycles. The highest BCUT2D eigenvalue weighted by molar-refractivity contribution is 9.10. The molecule has 0 bridgehead atoms. The van der Waals surface area contributed by atoms with E-state index in [9.17, 15) is 9.59 Å². The maximum atomic E-state index is 13.0. The van der Waals surface area contributed by atoms with Gasteiger partial charge in [0.1, 0.15) is 6.61 Å². The topological polar surface area (TPSA) is 88.4 Å². The number of likely N-dealkylation sites (N-methyl/N-ethyl adjacent to an activating group) is 1. The standard InChI is InChI=1S/C24H21BrN2O5S/c1-4-11-32-21-18(25)12-15(13-19(21)31-6-3)14-20-22(28)27(5-2)24(33-20)26-17-9-7-16(8-10-17)23(29)30/h1,7-10,12-14H,5-6,11H2,2-3H3,(H,29,30). The van der Waals surface area contributed by atoms with Gasteiger partial charge in [0.05, 0.1) is 27.2 Å². The highest BCUT2D eigenvalue weighted by Crippen LogP contribution is 2.39. The first-order valence-electron chi connectivity index (χ1n) is 10.0. The van der Waals surface area contributed by atoms with E-state index in [-0.39, 0.29) is 18.1 Å². The fraction of sp³-hybridized carbons (Fsp3) is 0.208.